The first-order chi connectivity index (χ1) is 4.39. The molecule has 0 unspecified atom stereocenters. The average molecular weight is 224 g/mol. The fourth-order valence-electron chi connectivity index (χ4n) is 1.10. The smallest absolute Gasteiger partial charge is 0.298 e. The molecule has 0 aromatic carbocycles. The predicted molar refractivity (Wildman–Crippen MR) is 45.1 cm³/mol. The predicted octanol–water partition coefficient (Wildman–Crippen LogP) is -2.76. The van der Waals surface area contributed by atoms with Gasteiger partial charge in [0.15, 0.2) is 0 Å². The van der Waals surface area contributed by atoms with E-state index in [2.05, 4.69) is 26.1 Å². The lowest BCUT2D eigenvalue weighted by atomic mass is 10.6. The van der Waals surface area contributed by atoms with Gasteiger partial charge in [0.05, 0.1) is 21.1 Å². The van der Waals surface area contributed by atoms with Crippen LogP contribution in [-0.4, -0.2) is 57.6 Å². The van der Waals surface area contributed by atoms with Crippen molar-refractivity contribution in [3.8, 4) is 0 Å². The van der Waals surface area contributed by atoms with Gasteiger partial charge in [0, 0.05) is 21.1 Å². The van der Waals surface area contributed by atoms with Gasteiger partial charge in [-0.3, -0.25) is 4.48 Å². The summed E-state index contributed by atoms with van der Waals surface area (Å²) >= 11 is 0. The Morgan fingerprint density at radius 2 is 1.55 bits per heavy atom. The third-order valence-electron chi connectivity index (χ3n) is 1.20. The Morgan fingerprint density at radius 1 is 1.18 bits per heavy atom. The number of halogens is 1. The molecule has 0 aliphatic carbocycles. The maximum Gasteiger partial charge on any atom is 0.298 e. The van der Waals surface area contributed by atoms with E-state index in [1.54, 1.807) is 0 Å². The molecule has 0 saturated carbocycles. The van der Waals surface area contributed by atoms with Crippen LogP contribution in [0.1, 0.15) is 0 Å². The third kappa shape index (κ3) is 4.37. The molecule has 0 N–H and O–H groups in total. The van der Waals surface area contributed by atoms with E-state index in [4.69, 9.17) is 0 Å². The second-order valence-electron chi connectivity index (χ2n) is 3.43. The fourth-order valence-corrected chi connectivity index (χ4v) is 1.10. The summed E-state index contributed by atoms with van der Waals surface area (Å²) in [6.07, 6.45) is 0. The van der Waals surface area contributed by atoms with Crippen LogP contribution < -0.4 is 17.0 Å². The second kappa shape index (κ2) is 4.72. The van der Waals surface area contributed by atoms with Crippen LogP contribution in [0, 0.1) is 0 Å². The summed E-state index contributed by atoms with van der Waals surface area (Å²) in [5.41, 5.74) is 0. The van der Waals surface area contributed by atoms with Gasteiger partial charge < -0.3 is 21.9 Å². The van der Waals surface area contributed by atoms with Crippen LogP contribution in [0.4, 0.5) is 0 Å². The Labute approximate surface area is 80.1 Å². The zero-order chi connectivity index (χ0) is 8.36. The van der Waals surface area contributed by atoms with Crippen molar-refractivity contribution in [2.24, 2.45) is 4.99 Å². The zero-order valence-electron chi connectivity index (χ0n) is 8.22. The topological polar surface area (TPSA) is 15.6 Å². The molecular formula is C7H18BrN3. The summed E-state index contributed by atoms with van der Waals surface area (Å²) in [5, 5.41) is 0. The monoisotopic (exact) mass is 223 g/mol. The molecule has 0 atom stereocenters. The molecule has 4 heteroatoms. The fraction of sp³-hybridized carbons (Fsp3) is 0.857. The number of hydrogen-bond acceptors (Lipinski definition) is 1. The molecule has 0 fully saturated rings. The molecule has 0 aromatic rings. The van der Waals surface area contributed by atoms with Crippen LogP contribution in [0.15, 0.2) is 4.99 Å². The van der Waals surface area contributed by atoms with Crippen molar-refractivity contribution in [2.75, 3.05) is 42.3 Å². The number of rotatable bonds is 0. The number of guanidine groups is 1. The van der Waals surface area contributed by atoms with Crippen molar-refractivity contribution < 1.29 is 21.5 Å². The number of quaternary nitrogens is 1. The highest BCUT2D eigenvalue weighted by Crippen LogP contribution is 1.96. The van der Waals surface area contributed by atoms with Crippen molar-refractivity contribution in [3.63, 3.8) is 0 Å². The molecule has 3 nitrogen and oxygen atoms in total. The first-order valence-corrected chi connectivity index (χ1v) is 3.35. The lowest BCUT2D eigenvalue weighted by Gasteiger charge is -2.28. The average Bonchev–Trinajstić information content (AvgIpc) is 1.60. The summed E-state index contributed by atoms with van der Waals surface area (Å²) in [6.45, 7) is 0. The van der Waals surface area contributed by atoms with Gasteiger partial charge in [0.2, 0.25) is 0 Å². The van der Waals surface area contributed by atoms with Gasteiger partial charge in [-0.1, -0.05) is 0 Å². The van der Waals surface area contributed by atoms with Gasteiger partial charge in [-0.15, -0.1) is 0 Å². The number of aliphatic imine (C=N–C) groups is 1. The van der Waals surface area contributed by atoms with Gasteiger partial charge in [-0.2, -0.15) is 0 Å². The van der Waals surface area contributed by atoms with Crippen molar-refractivity contribution in [1.29, 1.82) is 0 Å². The van der Waals surface area contributed by atoms with E-state index >= 15 is 0 Å². The van der Waals surface area contributed by atoms with E-state index in [0.717, 1.165) is 10.4 Å². The number of nitrogens with zero attached hydrogens (tertiary/aromatic N) is 3. The van der Waals surface area contributed by atoms with Crippen LogP contribution >= 0.6 is 0 Å². The van der Waals surface area contributed by atoms with E-state index < -0.39 is 0 Å². The van der Waals surface area contributed by atoms with Crippen molar-refractivity contribution in [3.05, 3.63) is 0 Å². The summed E-state index contributed by atoms with van der Waals surface area (Å²) < 4.78 is 0.767. The normalized spacial score (nSPS) is 12.4. The molecule has 0 bridgehead atoms. The standard InChI is InChI=1S/C7H18N3.BrH/c1-8-7(9(2)3)10(4,5)6;/h1-6H3;1H/q+1;/p-1/b8-7+;. The molecular weight excluding hydrogens is 206 g/mol. The molecule has 0 aliphatic rings. The molecule has 0 heterocycles. The van der Waals surface area contributed by atoms with Crippen molar-refractivity contribution >= 4 is 5.96 Å². The van der Waals surface area contributed by atoms with Gasteiger partial charge >= 0.3 is 0 Å². The second-order valence-corrected chi connectivity index (χ2v) is 3.43. The van der Waals surface area contributed by atoms with Crippen LogP contribution in [0.25, 0.3) is 0 Å². The molecule has 68 valence electrons. The van der Waals surface area contributed by atoms with Gasteiger partial charge in [0.25, 0.3) is 5.96 Å². The Morgan fingerprint density at radius 3 is 1.55 bits per heavy atom. The quantitative estimate of drug-likeness (QED) is 0.247. The Balaban J connectivity index is 0. The highest BCUT2D eigenvalue weighted by Gasteiger charge is 2.18. The lowest BCUT2D eigenvalue weighted by molar-refractivity contribution is -0.782. The molecule has 0 rings (SSSR count). The largest absolute Gasteiger partial charge is 1.00 e. The molecule has 0 amide bonds. The number of hydrogen-bond donors (Lipinski definition) is 0. The summed E-state index contributed by atoms with van der Waals surface area (Å²) in [5.74, 6) is 1.07. The minimum Gasteiger partial charge on any atom is -1.00 e. The van der Waals surface area contributed by atoms with Crippen LogP contribution in [-0.2, 0) is 0 Å². The third-order valence-corrected chi connectivity index (χ3v) is 1.20. The van der Waals surface area contributed by atoms with Crippen LogP contribution in [0.2, 0.25) is 0 Å². The van der Waals surface area contributed by atoms with Crippen LogP contribution in [0.3, 0.4) is 0 Å². The van der Waals surface area contributed by atoms with Crippen molar-refractivity contribution in [2.45, 2.75) is 0 Å². The Hall–Kier alpha value is -0.0900. The lowest BCUT2D eigenvalue weighted by Crippen LogP contribution is -3.00. The Kier molecular flexibility index (Phi) is 5.79. The maximum absolute atomic E-state index is 4.17. The van der Waals surface area contributed by atoms with E-state index in [1.165, 1.54) is 0 Å². The highest BCUT2D eigenvalue weighted by atomic mass is 79.9. The zero-order valence-corrected chi connectivity index (χ0v) is 9.81. The van der Waals surface area contributed by atoms with E-state index in [1.807, 2.05) is 26.0 Å². The summed E-state index contributed by atoms with van der Waals surface area (Å²) in [7, 11) is 12.1. The van der Waals surface area contributed by atoms with E-state index in [9.17, 15) is 0 Å². The first kappa shape index (κ1) is 13.5. The Bertz CT molecular complexity index is 135. The summed E-state index contributed by atoms with van der Waals surface area (Å²) in [4.78, 5) is 6.20. The molecule has 0 aromatic heterocycles. The molecule has 11 heavy (non-hydrogen) atoms. The first-order valence-electron chi connectivity index (χ1n) is 3.35. The van der Waals surface area contributed by atoms with Crippen LogP contribution in [0.5, 0.6) is 0 Å². The molecule has 0 spiro atoms. The van der Waals surface area contributed by atoms with E-state index in [0.29, 0.717) is 0 Å². The highest BCUT2D eigenvalue weighted by molar-refractivity contribution is 5.72. The molecule has 0 aliphatic heterocycles. The minimum atomic E-state index is 0. The van der Waals surface area contributed by atoms with Gasteiger partial charge in [-0.25, -0.2) is 4.99 Å². The van der Waals surface area contributed by atoms with E-state index in [-0.39, 0.29) is 17.0 Å². The van der Waals surface area contributed by atoms with Gasteiger partial charge in [-0.05, 0) is 0 Å². The SMILES string of the molecule is C/N=C(\N(C)C)[N+](C)(C)C.[Br-]. The summed E-state index contributed by atoms with van der Waals surface area (Å²) in [6, 6.07) is 0. The van der Waals surface area contributed by atoms with Crippen molar-refractivity contribution in [1.82, 2.24) is 4.90 Å². The maximum atomic E-state index is 4.17. The van der Waals surface area contributed by atoms with Gasteiger partial charge in [0.1, 0.15) is 0 Å². The molecule has 0 radical (unpaired) electrons. The molecule has 0 saturated heterocycles. The minimum absolute atomic E-state index is 0.